The largest absolute Gasteiger partial charge is 0.500 e. The SMILES string of the molecule is CCCOc1cc(/C=C2/SC(=O)NC2=O)cc([N+](=O)[O-])c1O. The molecular weight excluding hydrogens is 312 g/mol. The van der Waals surface area contributed by atoms with E-state index in [4.69, 9.17) is 4.74 Å². The number of aromatic hydroxyl groups is 1. The highest BCUT2D eigenvalue weighted by molar-refractivity contribution is 8.18. The van der Waals surface area contributed by atoms with Gasteiger partial charge in [0.2, 0.25) is 5.75 Å². The number of hydrogen-bond acceptors (Lipinski definition) is 7. The van der Waals surface area contributed by atoms with Gasteiger partial charge in [0, 0.05) is 6.07 Å². The number of hydrogen-bond donors (Lipinski definition) is 2. The van der Waals surface area contributed by atoms with Crippen LogP contribution >= 0.6 is 11.8 Å². The molecule has 116 valence electrons. The zero-order valence-corrected chi connectivity index (χ0v) is 12.3. The van der Waals surface area contributed by atoms with Gasteiger partial charge >= 0.3 is 5.69 Å². The van der Waals surface area contributed by atoms with Crippen LogP contribution in [0.5, 0.6) is 11.5 Å². The third kappa shape index (κ3) is 3.37. The Morgan fingerprint density at radius 1 is 1.45 bits per heavy atom. The molecule has 0 radical (unpaired) electrons. The Bertz CT molecular complexity index is 685. The van der Waals surface area contributed by atoms with Crippen LogP contribution in [-0.2, 0) is 4.79 Å². The third-order valence-electron chi connectivity index (χ3n) is 2.68. The summed E-state index contributed by atoms with van der Waals surface area (Å²) in [5.74, 6) is -1.18. The number of carbonyl (C=O) groups excluding carboxylic acids is 2. The Hall–Kier alpha value is -2.55. The molecule has 1 aliphatic rings. The van der Waals surface area contributed by atoms with Gasteiger partial charge in [-0.2, -0.15) is 0 Å². The molecule has 1 fully saturated rings. The Labute approximate surface area is 129 Å². The number of thioether (sulfide) groups is 1. The summed E-state index contributed by atoms with van der Waals surface area (Å²) >= 11 is 0.699. The Morgan fingerprint density at radius 2 is 2.18 bits per heavy atom. The van der Waals surface area contributed by atoms with Gasteiger partial charge in [0.05, 0.1) is 16.4 Å². The molecule has 9 heteroatoms. The molecule has 0 aromatic heterocycles. The lowest BCUT2D eigenvalue weighted by molar-refractivity contribution is -0.386. The number of imide groups is 1. The predicted molar refractivity (Wildman–Crippen MR) is 79.7 cm³/mol. The number of nitro benzene ring substituents is 1. The van der Waals surface area contributed by atoms with Gasteiger partial charge in [0.15, 0.2) is 5.75 Å². The number of nitrogens with zero attached hydrogens (tertiary/aromatic N) is 1. The zero-order valence-electron chi connectivity index (χ0n) is 11.5. The van der Waals surface area contributed by atoms with Crippen LogP contribution in [0.4, 0.5) is 10.5 Å². The molecule has 1 aliphatic heterocycles. The van der Waals surface area contributed by atoms with Crippen LogP contribution < -0.4 is 10.1 Å². The summed E-state index contributed by atoms with van der Waals surface area (Å²) in [6, 6.07) is 2.49. The summed E-state index contributed by atoms with van der Waals surface area (Å²) in [5.41, 5.74) is -0.252. The zero-order chi connectivity index (χ0) is 16.3. The normalized spacial score (nSPS) is 16.0. The van der Waals surface area contributed by atoms with E-state index in [2.05, 4.69) is 5.32 Å². The molecule has 1 heterocycles. The van der Waals surface area contributed by atoms with Gasteiger partial charge in [-0.25, -0.2) is 0 Å². The number of phenolic OH excluding ortho intramolecular Hbond substituents is 1. The van der Waals surface area contributed by atoms with Crippen LogP contribution in [0.3, 0.4) is 0 Å². The molecule has 2 amide bonds. The van der Waals surface area contributed by atoms with Gasteiger partial charge in [0.1, 0.15) is 0 Å². The highest BCUT2D eigenvalue weighted by Crippen LogP contribution is 2.38. The fourth-order valence-corrected chi connectivity index (χ4v) is 2.41. The smallest absolute Gasteiger partial charge is 0.315 e. The molecule has 2 N–H and O–H groups in total. The summed E-state index contributed by atoms with van der Waals surface area (Å²) in [5, 5.41) is 22.4. The number of carbonyl (C=O) groups is 2. The molecular formula is C13H12N2O6S. The van der Waals surface area contributed by atoms with Crippen molar-refractivity contribution in [1.82, 2.24) is 5.32 Å². The van der Waals surface area contributed by atoms with E-state index in [0.29, 0.717) is 18.2 Å². The lowest BCUT2D eigenvalue weighted by atomic mass is 10.1. The summed E-state index contributed by atoms with van der Waals surface area (Å²) in [4.78, 5) is 33.0. The second kappa shape index (κ2) is 6.48. The molecule has 2 rings (SSSR count). The minimum atomic E-state index is -0.747. The van der Waals surface area contributed by atoms with Crippen LogP contribution in [0, 0.1) is 10.1 Å². The van der Waals surface area contributed by atoms with E-state index in [-0.39, 0.29) is 22.8 Å². The Balaban J connectivity index is 2.45. The monoisotopic (exact) mass is 324 g/mol. The van der Waals surface area contributed by atoms with Crippen molar-refractivity contribution in [2.24, 2.45) is 0 Å². The molecule has 1 aromatic rings. The van der Waals surface area contributed by atoms with Gasteiger partial charge in [-0.1, -0.05) is 6.92 Å². The van der Waals surface area contributed by atoms with Gasteiger partial charge in [0.25, 0.3) is 11.1 Å². The van der Waals surface area contributed by atoms with E-state index in [9.17, 15) is 24.8 Å². The number of ether oxygens (including phenoxy) is 1. The maximum Gasteiger partial charge on any atom is 0.315 e. The molecule has 0 unspecified atom stereocenters. The Kier molecular flexibility index (Phi) is 4.66. The van der Waals surface area contributed by atoms with E-state index in [0.717, 1.165) is 6.07 Å². The standard InChI is InChI=1S/C13H12N2O6S/c1-2-3-21-9-5-7(4-8(11(9)16)15(19)20)6-10-12(17)14-13(18)22-10/h4-6,16H,2-3H2,1H3,(H,14,17,18)/b10-6+. The molecule has 22 heavy (non-hydrogen) atoms. The van der Waals surface area contributed by atoms with E-state index >= 15 is 0 Å². The van der Waals surface area contributed by atoms with Gasteiger partial charge < -0.3 is 9.84 Å². The van der Waals surface area contributed by atoms with Crippen LogP contribution in [0.1, 0.15) is 18.9 Å². The van der Waals surface area contributed by atoms with Crippen molar-refractivity contribution in [3.8, 4) is 11.5 Å². The number of benzene rings is 1. The van der Waals surface area contributed by atoms with Gasteiger partial charge in [-0.15, -0.1) is 0 Å². The van der Waals surface area contributed by atoms with Crippen molar-refractivity contribution in [3.05, 3.63) is 32.7 Å². The molecule has 0 spiro atoms. The lowest BCUT2D eigenvalue weighted by Crippen LogP contribution is -2.17. The fraction of sp³-hybridized carbons (Fsp3) is 0.231. The summed E-state index contributed by atoms with van der Waals surface area (Å²) in [6.45, 7) is 2.13. The van der Waals surface area contributed by atoms with Crippen LogP contribution in [0.2, 0.25) is 0 Å². The average Bonchev–Trinajstić information content (AvgIpc) is 2.76. The number of amides is 2. The first-order valence-corrected chi connectivity index (χ1v) is 7.13. The number of rotatable bonds is 5. The maximum atomic E-state index is 11.5. The highest BCUT2D eigenvalue weighted by Gasteiger charge is 2.26. The summed E-state index contributed by atoms with van der Waals surface area (Å²) in [6.07, 6.45) is 1.99. The third-order valence-corrected chi connectivity index (χ3v) is 3.49. The summed E-state index contributed by atoms with van der Waals surface area (Å²) < 4.78 is 5.27. The lowest BCUT2D eigenvalue weighted by Gasteiger charge is -2.08. The first-order valence-electron chi connectivity index (χ1n) is 6.31. The number of nitrogens with one attached hydrogen (secondary N) is 1. The minimum absolute atomic E-state index is 0.0439. The van der Waals surface area contributed by atoms with Crippen molar-refractivity contribution in [3.63, 3.8) is 0 Å². The first-order chi connectivity index (χ1) is 10.4. The van der Waals surface area contributed by atoms with Crippen molar-refractivity contribution in [2.75, 3.05) is 6.61 Å². The van der Waals surface area contributed by atoms with E-state index in [1.807, 2.05) is 6.92 Å². The minimum Gasteiger partial charge on any atom is -0.500 e. The quantitative estimate of drug-likeness (QED) is 0.485. The fourth-order valence-electron chi connectivity index (χ4n) is 1.73. The van der Waals surface area contributed by atoms with Crippen LogP contribution in [0.25, 0.3) is 6.08 Å². The molecule has 0 atom stereocenters. The van der Waals surface area contributed by atoms with E-state index < -0.39 is 27.5 Å². The molecule has 0 bridgehead atoms. The number of phenols is 1. The second-order valence-corrected chi connectivity index (χ2v) is 5.36. The average molecular weight is 324 g/mol. The van der Waals surface area contributed by atoms with E-state index in [1.54, 1.807) is 0 Å². The van der Waals surface area contributed by atoms with Crippen molar-refractivity contribution in [1.29, 1.82) is 0 Å². The molecule has 1 aromatic carbocycles. The van der Waals surface area contributed by atoms with Crippen LogP contribution in [0.15, 0.2) is 17.0 Å². The van der Waals surface area contributed by atoms with Crippen molar-refractivity contribution < 1.29 is 24.4 Å². The first kappa shape index (κ1) is 15.8. The van der Waals surface area contributed by atoms with Gasteiger partial charge in [-0.3, -0.25) is 25.0 Å². The molecule has 0 aliphatic carbocycles. The highest BCUT2D eigenvalue weighted by atomic mass is 32.2. The van der Waals surface area contributed by atoms with Crippen molar-refractivity contribution in [2.45, 2.75) is 13.3 Å². The van der Waals surface area contributed by atoms with Crippen LogP contribution in [-0.4, -0.2) is 27.8 Å². The predicted octanol–water partition coefficient (Wildman–Crippen LogP) is 2.41. The van der Waals surface area contributed by atoms with E-state index in [1.165, 1.54) is 12.1 Å². The Morgan fingerprint density at radius 3 is 2.73 bits per heavy atom. The molecule has 1 saturated heterocycles. The topological polar surface area (TPSA) is 119 Å². The maximum absolute atomic E-state index is 11.5. The summed E-state index contributed by atoms with van der Waals surface area (Å²) in [7, 11) is 0. The molecule has 0 saturated carbocycles. The van der Waals surface area contributed by atoms with Gasteiger partial charge in [-0.05, 0) is 35.9 Å². The van der Waals surface area contributed by atoms with Crippen molar-refractivity contribution >= 4 is 34.7 Å². The number of nitro groups is 1. The molecule has 8 nitrogen and oxygen atoms in total. The second-order valence-electron chi connectivity index (χ2n) is 4.34.